The van der Waals surface area contributed by atoms with Crippen molar-refractivity contribution in [1.29, 1.82) is 0 Å². The average molecular weight is 442 g/mol. The van der Waals surface area contributed by atoms with E-state index in [-0.39, 0.29) is 24.8 Å². The Labute approximate surface area is 170 Å². The standard InChI is InChI=1S/C19H19AsN4O4/c1-24-10-12-7-11(18(27)21-9-13-3-2-4-16(20)22-13)5-6-14(12)23-15(19(24)28)8-17(25)26/h2-7,15,23H,8-10H2,1H3,(H,21,27)(H,25,26)/t15-/m0/s1. The molecular weight excluding hydrogens is 423 g/mol. The summed E-state index contributed by atoms with van der Waals surface area (Å²) in [5.41, 5.74) is 2.62. The van der Waals surface area contributed by atoms with Crippen molar-refractivity contribution in [3.05, 3.63) is 53.2 Å². The molecule has 28 heavy (non-hydrogen) atoms. The van der Waals surface area contributed by atoms with Crippen LogP contribution in [0.2, 0.25) is 0 Å². The number of carboxylic acids is 1. The number of amides is 2. The second kappa shape index (κ2) is 8.44. The number of aliphatic carboxylic acids is 1. The third kappa shape index (κ3) is 4.70. The topological polar surface area (TPSA) is 112 Å². The van der Waals surface area contributed by atoms with Crippen molar-refractivity contribution in [2.24, 2.45) is 0 Å². The minimum absolute atomic E-state index is 0.249. The molecule has 0 saturated heterocycles. The number of benzene rings is 1. The second-order valence-corrected chi connectivity index (χ2v) is 7.49. The van der Waals surface area contributed by atoms with Gasteiger partial charge in [0.1, 0.15) is 0 Å². The molecule has 0 spiro atoms. The van der Waals surface area contributed by atoms with Gasteiger partial charge in [0.15, 0.2) is 0 Å². The van der Waals surface area contributed by atoms with Crippen LogP contribution in [0.4, 0.5) is 5.69 Å². The van der Waals surface area contributed by atoms with Crippen molar-refractivity contribution >= 4 is 44.8 Å². The molecule has 3 rings (SSSR count). The normalized spacial score (nSPS) is 16.0. The zero-order valence-corrected chi connectivity index (χ0v) is 17.1. The van der Waals surface area contributed by atoms with Gasteiger partial charge in [-0.2, -0.15) is 0 Å². The Morgan fingerprint density at radius 1 is 1.36 bits per heavy atom. The number of carbonyl (C=O) groups excluding carboxylic acids is 2. The van der Waals surface area contributed by atoms with Gasteiger partial charge in [0, 0.05) is 0 Å². The Hall–Kier alpha value is -2.86. The summed E-state index contributed by atoms with van der Waals surface area (Å²) in [5.74, 6) is -1.60. The molecule has 9 heteroatoms. The number of hydrogen-bond acceptors (Lipinski definition) is 5. The summed E-state index contributed by atoms with van der Waals surface area (Å²) >= 11 is 2.36. The first kappa shape index (κ1) is 19.9. The number of rotatable bonds is 5. The van der Waals surface area contributed by atoms with E-state index in [1.165, 1.54) is 4.90 Å². The molecule has 0 aliphatic carbocycles. The smallest absolute Gasteiger partial charge is 0.481 e. The minimum atomic E-state index is -1.05. The predicted octanol–water partition coefficient (Wildman–Crippen LogP) is 0.0326. The van der Waals surface area contributed by atoms with Gasteiger partial charge in [-0.3, -0.25) is 9.59 Å². The molecule has 8 nitrogen and oxygen atoms in total. The van der Waals surface area contributed by atoms with Crippen molar-refractivity contribution in [3.8, 4) is 0 Å². The Kier molecular flexibility index (Phi) is 5.99. The summed E-state index contributed by atoms with van der Waals surface area (Å²) in [7, 11) is 1.61. The van der Waals surface area contributed by atoms with Crippen LogP contribution >= 0.6 is 0 Å². The van der Waals surface area contributed by atoms with Crippen LogP contribution in [-0.2, 0) is 22.7 Å². The molecule has 1 atom stereocenters. The molecule has 0 fully saturated rings. The zero-order valence-electron chi connectivity index (χ0n) is 15.2. The molecule has 2 radical (unpaired) electrons. The van der Waals surface area contributed by atoms with E-state index >= 15 is 0 Å². The summed E-state index contributed by atoms with van der Waals surface area (Å²) in [5, 5.41) is 14.8. The number of carbonyl (C=O) groups is 3. The fourth-order valence-electron chi connectivity index (χ4n) is 3.01. The molecule has 0 bridgehead atoms. The van der Waals surface area contributed by atoms with Gasteiger partial charge in [-0.1, -0.05) is 0 Å². The molecule has 1 aromatic heterocycles. The van der Waals surface area contributed by atoms with Crippen molar-refractivity contribution in [1.82, 2.24) is 15.2 Å². The summed E-state index contributed by atoms with van der Waals surface area (Å²) in [6.07, 6.45) is -0.312. The number of aromatic nitrogens is 1. The third-order valence-electron chi connectivity index (χ3n) is 4.38. The first-order valence-corrected chi connectivity index (χ1v) is 9.56. The van der Waals surface area contributed by atoms with Gasteiger partial charge in [-0.25, -0.2) is 0 Å². The van der Waals surface area contributed by atoms with Crippen molar-refractivity contribution in [3.63, 3.8) is 0 Å². The number of nitrogens with zero attached hydrogens (tertiary/aromatic N) is 2. The number of nitrogens with one attached hydrogen (secondary N) is 2. The molecule has 144 valence electrons. The first-order chi connectivity index (χ1) is 13.3. The molecule has 0 saturated carbocycles. The van der Waals surface area contributed by atoms with E-state index in [1.807, 2.05) is 18.2 Å². The molecule has 2 aromatic rings. The van der Waals surface area contributed by atoms with Gasteiger partial charge in [0.25, 0.3) is 0 Å². The Morgan fingerprint density at radius 3 is 2.86 bits per heavy atom. The molecule has 1 aromatic carbocycles. The number of fused-ring (bicyclic) bond motifs is 1. The monoisotopic (exact) mass is 442 g/mol. The van der Waals surface area contributed by atoms with E-state index in [0.717, 1.165) is 15.7 Å². The number of pyridine rings is 1. The SMILES string of the molecule is CN1Cc2cc(C(=O)NCc3cccc([As])n3)ccc2N[C@@H](CC(=O)O)C1=O. The third-order valence-corrected chi connectivity index (χ3v) is 4.90. The van der Waals surface area contributed by atoms with Crippen LogP contribution in [0.3, 0.4) is 0 Å². The molecule has 3 N–H and O–H groups in total. The first-order valence-electron chi connectivity index (χ1n) is 8.63. The molecule has 1 aliphatic rings. The Morgan fingerprint density at radius 2 is 2.14 bits per heavy atom. The summed E-state index contributed by atoms with van der Waals surface area (Å²) < 4.78 is 0.818. The summed E-state index contributed by atoms with van der Waals surface area (Å²) in [4.78, 5) is 41.7. The van der Waals surface area contributed by atoms with E-state index in [1.54, 1.807) is 25.2 Å². The van der Waals surface area contributed by atoms with Crippen LogP contribution in [0.15, 0.2) is 36.4 Å². The summed E-state index contributed by atoms with van der Waals surface area (Å²) in [6, 6.07) is 9.79. The predicted molar refractivity (Wildman–Crippen MR) is 103 cm³/mol. The molecule has 2 heterocycles. The van der Waals surface area contributed by atoms with Crippen molar-refractivity contribution in [2.75, 3.05) is 12.4 Å². The van der Waals surface area contributed by atoms with E-state index < -0.39 is 12.0 Å². The average Bonchev–Trinajstić information content (AvgIpc) is 2.76. The molecular formula is C19H19AsN4O4. The minimum Gasteiger partial charge on any atom is -0.481 e. The Bertz CT molecular complexity index is 934. The molecule has 1 aliphatic heterocycles. The number of anilines is 1. The van der Waals surface area contributed by atoms with Crippen LogP contribution in [-0.4, -0.2) is 62.7 Å². The van der Waals surface area contributed by atoms with Crippen molar-refractivity contribution < 1.29 is 19.5 Å². The fourth-order valence-corrected chi connectivity index (χ4v) is 3.46. The second-order valence-electron chi connectivity index (χ2n) is 6.53. The van der Waals surface area contributed by atoms with Crippen LogP contribution < -0.4 is 15.1 Å². The number of likely N-dealkylation sites (N-methyl/N-ethyl adjacent to an activating group) is 1. The van der Waals surface area contributed by atoms with Gasteiger partial charge < -0.3 is 5.11 Å². The van der Waals surface area contributed by atoms with E-state index in [4.69, 9.17) is 5.11 Å². The Balaban J connectivity index is 1.75. The number of hydrogen-bond donors (Lipinski definition) is 3. The fraction of sp³-hybridized carbons (Fsp3) is 0.263. The van der Waals surface area contributed by atoms with Gasteiger partial charge in [-0.05, 0) is 0 Å². The van der Waals surface area contributed by atoms with E-state index in [2.05, 4.69) is 32.5 Å². The maximum absolute atomic E-state index is 12.5. The van der Waals surface area contributed by atoms with Crippen LogP contribution in [0.1, 0.15) is 28.0 Å². The van der Waals surface area contributed by atoms with Crippen molar-refractivity contribution in [2.45, 2.75) is 25.6 Å². The van der Waals surface area contributed by atoms with Gasteiger partial charge in [0.2, 0.25) is 0 Å². The van der Waals surface area contributed by atoms with E-state index in [9.17, 15) is 14.4 Å². The van der Waals surface area contributed by atoms with Gasteiger partial charge >= 0.3 is 150 Å². The van der Waals surface area contributed by atoms with Gasteiger partial charge in [0.05, 0.1) is 6.42 Å². The van der Waals surface area contributed by atoms with E-state index in [0.29, 0.717) is 17.8 Å². The van der Waals surface area contributed by atoms with Crippen LogP contribution in [0.25, 0.3) is 0 Å². The maximum atomic E-state index is 12.5. The van der Waals surface area contributed by atoms with Crippen LogP contribution in [0.5, 0.6) is 0 Å². The quantitative estimate of drug-likeness (QED) is 0.564. The zero-order chi connectivity index (χ0) is 20.3. The van der Waals surface area contributed by atoms with Gasteiger partial charge in [-0.15, -0.1) is 0 Å². The molecule has 2 amide bonds. The summed E-state index contributed by atoms with van der Waals surface area (Å²) in [6.45, 7) is 0.592. The molecule has 0 unspecified atom stereocenters. The van der Waals surface area contributed by atoms with Crippen LogP contribution in [0, 0.1) is 0 Å². The number of carboxylic acid groups (broad SMARTS) is 1.